The highest BCUT2D eigenvalue weighted by Gasteiger charge is 2.33. The van der Waals surface area contributed by atoms with Crippen LogP contribution in [0.3, 0.4) is 0 Å². The zero-order valence-corrected chi connectivity index (χ0v) is 20.9. The highest BCUT2D eigenvalue weighted by atomic mass is 32.2. The number of nitrogens with zero attached hydrogens (tertiary/aromatic N) is 6. The van der Waals surface area contributed by atoms with Crippen LogP contribution in [0.1, 0.15) is 12.5 Å². The van der Waals surface area contributed by atoms with Gasteiger partial charge in [-0.05, 0) is 38.1 Å². The molecular weight excluding hydrogens is 504 g/mol. The third-order valence-corrected chi connectivity index (χ3v) is 7.91. The maximum Gasteiger partial charge on any atom is 0.280 e. The van der Waals surface area contributed by atoms with Crippen molar-refractivity contribution in [1.82, 2.24) is 14.3 Å². The second kappa shape index (κ2) is 10.4. The topological polar surface area (TPSA) is 162 Å². The van der Waals surface area contributed by atoms with E-state index in [0.717, 1.165) is 27.8 Å². The van der Waals surface area contributed by atoms with Gasteiger partial charge in [-0.15, -0.1) is 0 Å². The van der Waals surface area contributed by atoms with Crippen LogP contribution in [0.15, 0.2) is 53.7 Å². The Hall–Kier alpha value is -4.17. The summed E-state index contributed by atoms with van der Waals surface area (Å²) in [5.74, 6) is 1.37. The van der Waals surface area contributed by atoms with E-state index in [1.54, 1.807) is 0 Å². The first-order valence-corrected chi connectivity index (χ1v) is 12.8. The second-order valence-corrected chi connectivity index (χ2v) is 10.1. The van der Waals surface area contributed by atoms with Crippen LogP contribution in [0.2, 0.25) is 0 Å². The Labute approximate surface area is 212 Å². The Morgan fingerprint density at radius 1 is 0.946 bits per heavy atom. The summed E-state index contributed by atoms with van der Waals surface area (Å²) in [6.07, 6.45) is 1.44. The number of nitro benzene ring substituents is 2. The molecule has 1 aliphatic heterocycles. The van der Waals surface area contributed by atoms with Crippen LogP contribution >= 0.6 is 0 Å². The monoisotopic (exact) mass is 528 g/mol. The SMILES string of the molecule is CCOc1ccc(-c2cc(N3CCN(S(=O)(=O)c4cc([N+](=O)[O-])c(C)c([N+](=O)[O-])c4)CC3)ncn2)cc1. The van der Waals surface area contributed by atoms with Crippen molar-refractivity contribution >= 4 is 27.2 Å². The van der Waals surface area contributed by atoms with Crippen molar-refractivity contribution in [1.29, 1.82) is 0 Å². The van der Waals surface area contributed by atoms with Gasteiger partial charge in [0.05, 0.1) is 27.0 Å². The molecule has 1 aliphatic rings. The number of anilines is 1. The van der Waals surface area contributed by atoms with E-state index in [1.165, 1.54) is 13.3 Å². The Balaban J connectivity index is 1.52. The molecular formula is C23H24N6O7S. The van der Waals surface area contributed by atoms with Crippen LogP contribution in [0.25, 0.3) is 11.3 Å². The fourth-order valence-electron chi connectivity index (χ4n) is 4.06. The smallest absolute Gasteiger partial charge is 0.280 e. The molecule has 0 aliphatic carbocycles. The van der Waals surface area contributed by atoms with E-state index >= 15 is 0 Å². The first-order valence-electron chi connectivity index (χ1n) is 11.4. The highest BCUT2D eigenvalue weighted by Crippen LogP contribution is 2.33. The summed E-state index contributed by atoms with van der Waals surface area (Å²) in [7, 11) is -4.20. The highest BCUT2D eigenvalue weighted by molar-refractivity contribution is 7.89. The minimum atomic E-state index is -4.20. The van der Waals surface area contributed by atoms with Crippen LogP contribution in [0, 0.1) is 27.2 Å². The molecule has 0 bridgehead atoms. The van der Waals surface area contributed by atoms with Gasteiger partial charge < -0.3 is 9.64 Å². The number of benzene rings is 2. The molecule has 4 rings (SSSR count). The van der Waals surface area contributed by atoms with Gasteiger partial charge in [-0.25, -0.2) is 18.4 Å². The van der Waals surface area contributed by atoms with Crippen LogP contribution in [0.4, 0.5) is 17.2 Å². The predicted octanol–water partition coefficient (Wildman–Crippen LogP) is 3.18. The van der Waals surface area contributed by atoms with Gasteiger partial charge in [0.15, 0.2) is 0 Å². The van der Waals surface area contributed by atoms with Gasteiger partial charge in [0.1, 0.15) is 23.5 Å². The quantitative estimate of drug-likeness (QED) is 0.313. The van der Waals surface area contributed by atoms with Gasteiger partial charge in [-0.2, -0.15) is 4.31 Å². The van der Waals surface area contributed by atoms with E-state index in [1.807, 2.05) is 42.2 Å². The Kier molecular flexibility index (Phi) is 7.31. The maximum absolute atomic E-state index is 13.2. The van der Waals surface area contributed by atoms with Crippen molar-refractivity contribution in [3.8, 4) is 17.0 Å². The van der Waals surface area contributed by atoms with Gasteiger partial charge in [-0.1, -0.05) is 0 Å². The molecule has 1 fully saturated rings. The van der Waals surface area contributed by atoms with Gasteiger partial charge >= 0.3 is 0 Å². The van der Waals surface area contributed by atoms with E-state index in [2.05, 4.69) is 9.97 Å². The predicted molar refractivity (Wildman–Crippen MR) is 134 cm³/mol. The van der Waals surface area contributed by atoms with Crippen molar-refractivity contribution in [2.75, 3.05) is 37.7 Å². The number of nitro groups is 2. The molecule has 1 saturated heterocycles. The zero-order chi connectivity index (χ0) is 26.7. The molecule has 0 radical (unpaired) electrons. The first-order chi connectivity index (χ1) is 17.6. The van der Waals surface area contributed by atoms with E-state index in [0.29, 0.717) is 31.2 Å². The Morgan fingerprint density at radius 2 is 1.54 bits per heavy atom. The third kappa shape index (κ3) is 5.34. The molecule has 13 nitrogen and oxygen atoms in total. The van der Waals surface area contributed by atoms with E-state index < -0.39 is 36.1 Å². The molecule has 14 heteroatoms. The number of piperazine rings is 1. The van der Waals surface area contributed by atoms with Gasteiger partial charge in [-0.3, -0.25) is 20.2 Å². The lowest BCUT2D eigenvalue weighted by molar-refractivity contribution is -0.395. The summed E-state index contributed by atoms with van der Waals surface area (Å²) in [4.78, 5) is 31.2. The summed E-state index contributed by atoms with van der Waals surface area (Å²) in [6.45, 7) is 4.43. The number of hydrogen-bond acceptors (Lipinski definition) is 10. The molecule has 0 unspecified atom stereocenters. The van der Waals surface area contributed by atoms with Crippen molar-refractivity contribution in [2.24, 2.45) is 0 Å². The van der Waals surface area contributed by atoms with Crippen LogP contribution in [-0.2, 0) is 10.0 Å². The second-order valence-electron chi connectivity index (χ2n) is 8.21. The largest absolute Gasteiger partial charge is 0.494 e. The summed E-state index contributed by atoms with van der Waals surface area (Å²) in [5.41, 5.74) is 0.132. The molecule has 0 N–H and O–H groups in total. The van der Waals surface area contributed by atoms with Crippen LogP contribution in [0.5, 0.6) is 5.75 Å². The van der Waals surface area contributed by atoms with E-state index in [-0.39, 0.29) is 18.7 Å². The van der Waals surface area contributed by atoms with E-state index in [9.17, 15) is 28.6 Å². The van der Waals surface area contributed by atoms with Gasteiger partial charge in [0, 0.05) is 49.9 Å². The molecule has 194 valence electrons. The number of sulfonamides is 1. The number of hydrogen-bond donors (Lipinski definition) is 0. The van der Waals surface area contributed by atoms with Crippen molar-refractivity contribution in [3.05, 3.63) is 74.6 Å². The van der Waals surface area contributed by atoms with Crippen molar-refractivity contribution < 1.29 is 23.0 Å². The van der Waals surface area contributed by atoms with Crippen LogP contribution in [-0.4, -0.2) is 65.3 Å². The summed E-state index contributed by atoms with van der Waals surface area (Å²) < 4.78 is 33.1. The van der Waals surface area contributed by atoms with Crippen molar-refractivity contribution in [2.45, 2.75) is 18.7 Å². The lowest BCUT2D eigenvalue weighted by Gasteiger charge is -2.34. The molecule has 37 heavy (non-hydrogen) atoms. The molecule has 0 atom stereocenters. The molecule has 2 aromatic carbocycles. The fraction of sp³-hybridized carbons (Fsp3) is 0.304. The normalized spacial score (nSPS) is 14.4. The van der Waals surface area contributed by atoms with E-state index in [4.69, 9.17) is 4.74 Å². The summed E-state index contributed by atoms with van der Waals surface area (Å²) in [6, 6.07) is 11.0. The van der Waals surface area contributed by atoms with Crippen molar-refractivity contribution in [3.63, 3.8) is 0 Å². The minimum absolute atomic E-state index is 0.0696. The van der Waals surface area contributed by atoms with Gasteiger partial charge in [0.2, 0.25) is 10.0 Å². The third-order valence-electron chi connectivity index (χ3n) is 6.03. The standard InChI is InChI=1S/C23H24N6O7S/c1-3-36-18-6-4-17(5-7-18)20-14-23(25-15-24-20)26-8-10-27(11-9-26)37(34,35)19-12-21(28(30)31)16(2)22(13-19)29(32)33/h4-7,12-15H,3,8-11H2,1-2H3. The lowest BCUT2D eigenvalue weighted by atomic mass is 10.1. The molecule has 0 saturated carbocycles. The molecule has 1 aromatic heterocycles. The average Bonchev–Trinajstić information content (AvgIpc) is 2.89. The number of aromatic nitrogens is 2. The first kappa shape index (κ1) is 25.9. The fourth-order valence-corrected chi connectivity index (χ4v) is 5.52. The molecule has 0 amide bonds. The molecule has 3 aromatic rings. The molecule has 0 spiro atoms. The summed E-state index contributed by atoms with van der Waals surface area (Å²) in [5, 5.41) is 22.8. The minimum Gasteiger partial charge on any atom is -0.494 e. The lowest BCUT2D eigenvalue weighted by Crippen LogP contribution is -2.49. The molecule has 2 heterocycles. The Bertz CT molecular complexity index is 1400. The average molecular weight is 529 g/mol. The summed E-state index contributed by atoms with van der Waals surface area (Å²) >= 11 is 0. The maximum atomic E-state index is 13.2. The van der Waals surface area contributed by atoms with Crippen LogP contribution < -0.4 is 9.64 Å². The zero-order valence-electron chi connectivity index (χ0n) is 20.1. The number of ether oxygens (including phenoxy) is 1. The van der Waals surface area contributed by atoms with Gasteiger partial charge in [0.25, 0.3) is 11.4 Å². The number of rotatable bonds is 8. The Morgan fingerprint density at radius 3 is 2.08 bits per heavy atom.